The van der Waals surface area contributed by atoms with Gasteiger partial charge in [-0.1, -0.05) is 29.5 Å². The molecule has 0 atom stereocenters. The second kappa shape index (κ2) is 2.49. The Hall–Kier alpha value is -1.05. The molecule has 2 nitrogen and oxygen atoms in total. The van der Waals surface area contributed by atoms with Gasteiger partial charge < -0.3 is 5.21 Å². The van der Waals surface area contributed by atoms with Crippen molar-refractivity contribution >= 4 is 5.71 Å². The van der Waals surface area contributed by atoms with E-state index in [1.807, 2.05) is 24.3 Å². The third-order valence-corrected chi connectivity index (χ3v) is 1.39. The lowest BCUT2D eigenvalue weighted by atomic mass is 10.1. The highest BCUT2D eigenvalue weighted by atomic mass is 16.4. The fourth-order valence-electron chi connectivity index (χ4n) is 0.777. The van der Waals surface area contributed by atoms with E-state index >= 15 is 0 Å². The lowest BCUT2D eigenvalue weighted by molar-refractivity contribution is 0.317. The highest BCUT2D eigenvalue weighted by Crippen LogP contribution is 2.09. The molecule has 0 amide bonds. The monoisotopic (exact) mass is 123 g/mol. The van der Waals surface area contributed by atoms with E-state index in [1.165, 1.54) is 0 Å². The van der Waals surface area contributed by atoms with Gasteiger partial charge in [-0.2, -0.15) is 0 Å². The van der Waals surface area contributed by atoms with Gasteiger partial charge in [-0.3, -0.25) is 0 Å². The largest absolute Gasteiger partial charge is 0.411 e. The van der Waals surface area contributed by atoms with Crippen LogP contribution in [0.3, 0.4) is 0 Å². The molecule has 0 aromatic heterocycles. The SMILES string of the molecule is C/C(=N/O)C1C=CC=C1. The zero-order valence-electron chi connectivity index (χ0n) is 5.28. The first-order chi connectivity index (χ1) is 4.34. The average Bonchev–Trinajstić information content (AvgIpc) is 2.37. The van der Waals surface area contributed by atoms with E-state index in [0.29, 0.717) is 0 Å². The summed E-state index contributed by atoms with van der Waals surface area (Å²) < 4.78 is 0. The minimum Gasteiger partial charge on any atom is -0.411 e. The van der Waals surface area contributed by atoms with Crippen LogP contribution in [0.15, 0.2) is 29.5 Å². The maximum atomic E-state index is 8.32. The molecular formula is C7H9NO. The van der Waals surface area contributed by atoms with Gasteiger partial charge in [0.05, 0.1) is 5.71 Å². The van der Waals surface area contributed by atoms with Crippen LogP contribution in [-0.2, 0) is 0 Å². The fourth-order valence-corrected chi connectivity index (χ4v) is 0.777. The normalized spacial score (nSPS) is 19.4. The lowest BCUT2D eigenvalue weighted by Crippen LogP contribution is -2.02. The molecule has 9 heavy (non-hydrogen) atoms. The molecule has 1 aliphatic rings. The van der Waals surface area contributed by atoms with Crippen LogP contribution in [0.2, 0.25) is 0 Å². The summed E-state index contributed by atoms with van der Waals surface area (Å²) >= 11 is 0. The second-order valence-corrected chi connectivity index (χ2v) is 2.04. The molecule has 0 aliphatic heterocycles. The summed E-state index contributed by atoms with van der Waals surface area (Å²) in [5, 5.41) is 11.4. The predicted molar refractivity (Wildman–Crippen MR) is 36.7 cm³/mol. The molecule has 0 heterocycles. The van der Waals surface area contributed by atoms with Crippen LogP contribution in [0.4, 0.5) is 0 Å². The van der Waals surface area contributed by atoms with Crippen molar-refractivity contribution in [3.63, 3.8) is 0 Å². The summed E-state index contributed by atoms with van der Waals surface area (Å²) in [4.78, 5) is 0. The van der Waals surface area contributed by atoms with E-state index in [1.54, 1.807) is 6.92 Å². The Morgan fingerprint density at radius 1 is 1.44 bits per heavy atom. The number of oxime groups is 1. The number of rotatable bonds is 1. The maximum absolute atomic E-state index is 8.32. The predicted octanol–water partition coefficient (Wildman–Crippen LogP) is 1.58. The highest BCUT2D eigenvalue weighted by Gasteiger charge is 2.06. The number of hydrogen-bond donors (Lipinski definition) is 1. The van der Waals surface area contributed by atoms with E-state index in [9.17, 15) is 0 Å². The van der Waals surface area contributed by atoms with Gasteiger partial charge in [-0.15, -0.1) is 0 Å². The Kier molecular flexibility index (Phi) is 1.68. The van der Waals surface area contributed by atoms with Crippen molar-refractivity contribution in [1.82, 2.24) is 0 Å². The van der Waals surface area contributed by atoms with E-state index < -0.39 is 0 Å². The van der Waals surface area contributed by atoms with Crippen molar-refractivity contribution in [3.8, 4) is 0 Å². The summed E-state index contributed by atoms with van der Waals surface area (Å²) in [6.45, 7) is 1.80. The van der Waals surface area contributed by atoms with Gasteiger partial charge in [-0.25, -0.2) is 0 Å². The Morgan fingerprint density at radius 2 is 2.00 bits per heavy atom. The molecule has 0 saturated heterocycles. The minimum absolute atomic E-state index is 0.218. The van der Waals surface area contributed by atoms with Crippen LogP contribution < -0.4 is 0 Å². The first-order valence-corrected chi connectivity index (χ1v) is 2.88. The van der Waals surface area contributed by atoms with Crippen molar-refractivity contribution in [1.29, 1.82) is 0 Å². The molecule has 2 heteroatoms. The van der Waals surface area contributed by atoms with Crippen molar-refractivity contribution in [2.45, 2.75) is 6.92 Å². The molecule has 0 radical (unpaired) electrons. The molecule has 0 saturated carbocycles. The Morgan fingerprint density at radius 3 is 2.44 bits per heavy atom. The molecule has 0 fully saturated rings. The van der Waals surface area contributed by atoms with Crippen molar-refractivity contribution in [2.75, 3.05) is 0 Å². The Bertz CT molecular complexity index is 167. The zero-order chi connectivity index (χ0) is 6.69. The molecule has 0 aromatic rings. The van der Waals surface area contributed by atoms with Crippen LogP contribution in [0.5, 0.6) is 0 Å². The summed E-state index contributed by atoms with van der Waals surface area (Å²) in [6, 6.07) is 0. The van der Waals surface area contributed by atoms with E-state index in [4.69, 9.17) is 5.21 Å². The molecule has 0 bridgehead atoms. The van der Waals surface area contributed by atoms with Crippen LogP contribution in [0, 0.1) is 5.92 Å². The smallest absolute Gasteiger partial charge is 0.0646 e. The van der Waals surface area contributed by atoms with Gasteiger partial charge in [0.2, 0.25) is 0 Å². The van der Waals surface area contributed by atoms with Crippen LogP contribution >= 0.6 is 0 Å². The van der Waals surface area contributed by atoms with Gasteiger partial charge in [0.25, 0.3) is 0 Å². The first-order valence-electron chi connectivity index (χ1n) is 2.88. The van der Waals surface area contributed by atoms with Gasteiger partial charge in [0, 0.05) is 5.92 Å². The van der Waals surface area contributed by atoms with E-state index in [0.717, 1.165) is 5.71 Å². The zero-order valence-corrected chi connectivity index (χ0v) is 5.28. The van der Waals surface area contributed by atoms with Crippen molar-refractivity contribution < 1.29 is 5.21 Å². The van der Waals surface area contributed by atoms with Crippen LogP contribution in [-0.4, -0.2) is 10.9 Å². The highest BCUT2D eigenvalue weighted by molar-refractivity contribution is 5.87. The summed E-state index contributed by atoms with van der Waals surface area (Å²) in [6.07, 6.45) is 7.85. The third-order valence-electron chi connectivity index (χ3n) is 1.39. The molecule has 1 N–H and O–H groups in total. The number of nitrogens with zero attached hydrogens (tertiary/aromatic N) is 1. The van der Waals surface area contributed by atoms with E-state index in [-0.39, 0.29) is 5.92 Å². The van der Waals surface area contributed by atoms with Crippen LogP contribution in [0.1, 0.15) is 6.92 Å². The third kappa shape index (κ3) is 1.19. The molecule has 1 aliphatic carbocycles. The quantitative estimate of drug-likeness (QED) is 0.320. The number of hydrogen-bond acceptors (Lipinski definition) is 2. The Balaban J connectivity index is 2.64. The standard InChI is InChI=1S/C7H9NO/c1-6(8-9)7-4-2-3-5-7/h2-5,7,9H,1H3/b8-6-. The average molecular weight is 123 g/mol. The summed E-state index contributed by atoms with van der Waals surface area (Å²) in [5.74, 6) is 0.218. The Labute approximate surface area is 54.2 Å². The van der Waals surface area contributed by atoms with Gasteiger partial charge in [0.15, 0.2) is 0 Å². The molecule has 0 aromatic carbocycles. The molecule has 1 rings (SSSR count). The first kappa shape index (κ1) is 6.08. The van der Waals surface area contributed by atoms with E-state index in [2.05, 4.69) is 5.16 Å². The molecule has 0 spiro atoms. The van der Waals surface area contributed by atoms with Crippen molar-refractivity contribution in [3.05, 3.63) is 24.3 Å². The topological polar surface area (TPSA) is 32.6 Å². The fraction of sp³-hybridized carbons (Fsp3) is 0.286. The number of allylic oxidation sites excluding steroid dienone is 4. The van der Waals surface area contributed by atoms with Crippen LogP contribution in [0.25, 0.3) is 0 Å². The van der Waals surface area contributed by atoms with Gasteiger partial charge in [-0.05, 0) is 6.92 Å². The maximum Gasteiger partial charge on any atom is 0.0646 e. The van der Waals surface area contributed by atoms with Gasteiger partial charge >= 0.3 is 0 Å². The molecular weight excluding hydrogens is 114 g/mol. The summed E-state index contributed by atoms with van der Waals surface area (Å²) in [5.41, 5.74) is 0.736. The van der Waals surface area contributed by atoms with Gasteiger partial charge in [0.1, 0.15) is 0 Å². The molecule has 0 unspecified atom stereocenters. The molecule has 48 valence electrons. The van der Waals surface area contributed by atoms with Crippen molar-refractivity contribution in [2.24, 2.45) is 11.1 Å². The minimum atomic E-state index is 0.218. The summed E-state index contributed by atoms with van der Waals surface area (Å²) in [7, 11) is 0. The lowest BCUT2D eigenvalue weighted by Gasteiger charge is -1.98. The second-order valence-electron chi connectivity index (χ2n) is 2.04.